The molecule has 6 heteroatoms. The van der Waals surface area contributed by atoms with Crippen LogP contribution in [0.1, 0.15) is 99.2 Å². The fourth-order valence-electron chi connectivity index (χ4n) is 6.74. The van der Waals surface area contributed by atoms with Crippen molar-refractivity contribution in [1.29, 1.82) is 0 Å². The van der Waals surface area contributed by atoms with Crippen molar-refractivity contribution in [3.8, 4) is 0 Å². The number of piperidine rings is 2. The van der Waals surface area contributed by atoms with Crippen molar-refractivity contribution in [2.75, 3.05) is 41.7 Å². The smallest absolute Gasteiger partial charge is 0.323 e. The van der Waals surface area contributed by atoms with Crippen LogP contribution in [0.15, 0.2) is 66.7 Å². The number of rotatable bonds is 8. The molecule has 2 aliphatic heterocycles. The highest BCUT2D eigenvalue weighted by Crippen LogP contribution is 2.34. The molecule has 0 spiro atoms. The second-order valence-corrected chi connectivity index (χ2v) is 13.5. The van der Waals surface area contributed by atoms with E-state index in [9.17, 15) is 9.59 Å². The molecule has 0 unspecified atom stereocenters. The maximum Gasteiger partial charge on any atom is 0.323 e. The lowest BCUT2D eigenvalue weighted by Gasteiger charge is -2.36. The number of amides is 3. The fourth-order valence-corrected chi connectivity index (χ4v) is 6.74. The molecule has 3 aromatic rings. The Morgan fingerprint density at radius 2 is 1.41 bits per heavy atom. The van der Waals surface area contributed by atoms with E-state index in [2.05, 4.69) is 98.7 Å². The molecule has 0 bridgehead atoms. The Bertz CT molecular complexity index is 1390. The Morgan fingerprint density at radius 1 is 0.773 bits per heavy atom. The van der Waals surface area contributed by atoms with Crippen LogP contribution in [0.3, 0.4) is 0 Å². The van der Waals surface area contributed by atoms with Gasteiger partial charge in [0.05, 0.1) is 5.56 Å². The first-order valence-electron chi connectivity index (χ1n) is 16.6. The summed E-state index contributed by atoms with van der Waals surface area (Å²) in [5.74, 6) is 1.90. The number of hydrogen-bond acceptors (Lipinski definition) is 3. The highest BCUT2D eigenvalue weighted by molar-refractivity contribution is 6.04. The van der Waals surface area contributed by atoms with Gasteiger partial charge in [-0.2, -0.15) is 0 Å². The molecule has 6 nitrogen and oxygen atoms in total. The van der Waals surface area contributed by atoms with Gasteiger partial charge in [-0.25, -0.2) is 4.79 Å². The van der Waals surface area contributed by atoms with Crippen LogP contribution in [0.2, 0.25) is 0 Å². The number of benzene rings is 3. The van der Waals surface area contributed by atoms with Crippen molar-refractivity contribution < 1.29 is 9.59 Å². The molecule has 2 fully saturated rings. The Labute approximate surface area is 264 Å². The molecule has 0 atom stereocenters. The summed E-state index contributed by atoms with van der Waals surface area (Å²) in [5.41, 5.74) is 6.80. The van der Waals surface area contributed by atoms with Crippen LogP contribution in [0.25, 0.3) is 0 Å². The number of carbonyl (C=O) groups excluding carboxylic acids is 2. The van der Waals surface area contributed by atoms with Crippen molar-refractivity contribution in [1.82, 2.24) is 4.90 Å². The quantitative estimate of drug-likeness (QED) is 0.274. The molecule has 234 valence electrons. The van der Waals surface area contributed by atoms with Gasteiger partial charge in [0, 0.05) is 43.2 Å². The van der Waals surface area contributed by atoms with Crippen LogP contribution in [0, 0.1) is 11.8 Å². The van der Waals surface area contributed by atoms with E-state index >= 15 is 0 Å². The Kier molecular flexibility index (Phi) is 10.3. The summed E-state index contributed by atoms with van der Waals surface area (Å²) in [6, 6.07) is 22.6. The minimum atomic E-state index is -0.292. The third kappa shape index (κ3) is 7.64. The van der Waals surface area contributed by atoms with E-state index in [1.807, 2.05) is 23.1 Å². The molecule has 2 heterocycles. The highest BCUT2D eigenvalue weighted by Gasteiger charge is 2.28. The van der Waals surface area contributed by atoms with Crippen molar-refractivity contribution in [3.63, 3.8) is 0 Å². The average molecular weight is 595 g/mol. The summed E-state index contributed by atoms with van der Waals surface area (Å²) in [6.45, 7) is 14.2. The lowest BCUT2D eigenvalue weighted by atomic mass is 9.89. The molecule has 0 aliphatic carbocycles. The van der Waals surface area contributed by atoms with Crippen LogP contribution in [0.4, 0.5) is 21.9 Å². The van der Waals surface area contributed by atoms with E-state index in [1.54, 1.807) is 0 Å². The molecule has 5 rings (SSSR count). The Balaban J connectivity index is 1.35. The maximum absolute atomic E-state index is 14.0. The first-order chi connectivity index (χ1) is 21.2. The number of carbonyl (C=O) groups is 2. The lowest BCUT2D eigenvalue weighted by molar-refractivity contribution is 0.0697. The van der Waals surface area contributed by atoms with Gasteiger partial charge in [-0.1, -0.05) is 83.1 Å². The van der Waals surface area contributed by atoms with Crippen molar-refractivity contribution in [2.24, 2.45) is 11.8 Å². The minimum absolute atomic E-state index is 0.0645. The maximum atomic E-state index is 14.0. The number of hydrogen-bond donors (Lipinski definition) is 2. The number of anilines is 3. The van der Waals surface area contributed by atoms with Gasteiger partial charge >= 0.3 is 6.03 Å². The van der Waals surface area contributed by atoms with Crippen molar-refractivity contribution >= 4 is 29.0 Å². The van der Waals surface area contributed by atoms with Crippen LogP contribution in [0.5, 0.6) is 0 Å². The second-order valence-electron chi connectivity index (χ2n) is 13.5. The molecule has 0 saturated carbocycles. The predicted octanol–water partition coefficient (Wildman–Crippen LogP) is 8.91. The van der Waals surface area contributed by atoms with E-state index < -0.39 is 0 Å². The normalized spacial score (nSPS) is 16.4. The van der Waals surface area contributed by atoms with Crippen LogP contribution in [-0.2, 0) is 6.42 Å². The molecule has 0 radical (unpaired) electrons. The predicted molar refractivity (Wildman–Crippen MR) is 183 cm³/mol. The van der Waals surface area contributed by atoms with Gasteiger partial charge in [-0.15, -0.1) is 0 Å². The molecule has 2 saturated heterocycles. The topological polar surface area (TPSA) is 64.7 Å². The first-order valence-corrected chi connectivity index (χ1v) is 16.6. The first kappa shape index (κ1) is 31.6. The van der Waals surface area contributed by atoms with Gasteiger partial charge in [-0.05, 0) is 90.7 Å². The molecule has 3 aromatic carbocycles. The number of urea groups is 1. The Hall–Kier alpha value is -3.80. The standard InChI is InChI=1S/C38H50N4O2/c1-26(2)32-12-9-13-33(27(3)4)36(32)40-38(44)39-31-14-15-35(34(25-31)37(43)42-20-16-28(5)17-21-42)41-22-18-30(19-23-41)24-29-10-7-6-8-11-29/h6-15,25-28,30H,16-24H2,1-5H3,(H2,39,40,44). The average Bonchev–Trinajstić information content (AvgIpc) is 3.02. The summed E-state index contributed by atoms with van der Waals surface area (Å²) in [4.78, 5) is 31.8. The van der Waals surface area contributed by atoms with Crippen LogP contribution < -0.4 is 15.5 Å². The van der Waals surface area contributed by atoms with Crippen LogP contribution >= 0.6 is 0 Å². The summed E-state index contributed by atoms with van der Waals surface area (Å²) in [5, 5.41) is 6.21. The van der Waals surface area contributed by atoms with E-state index in [1.165, 1.54) is 5.56 Å². The van der Waals surface area contributed by atoms with Gasteiger partial charge < -0.3 is 20.4 Å². The summed E-state index contributed by atoms with van der Waals surface area (Å²) in [7, 11) is 0. The highest BCUT2D eigenvalue weighted by atomic mass is 16.2. The zero-order valence-electron chi connectivity index (χ0n) is 27.2. The van der Waals surface area contributed by atoms with E-state index in [0.29, 0.717) is 23.1 Å². The molecular formula is C38H50N4O2. The zero-order valence-corrected chi connectivity index (χ0v) is 27.2. The van der Waals surface area contributed by atoms with Gasteiger partial charge in [-0.3, -0.25) is 4.79 Å². The molecule has 2 N–H and O–H groups in total. The monoisotopic (exact) mass is 594 g/mol. The van der Waals surface area contributed by atoms with Gasteiger partial charge in [0.15, 0.2) is 0 Å². The molecule has 44 heavy (non-hydrogen) atoms. The zero-order chi connectivity index (χ0) is 31.2. The fraction of sp³-hybridized carbons (Fsp3) is 0.474. The third-order valence-corrected chi connectivity index (χ3v) is 9.49. The minimum Gasteiger partial charge on any atom is -0.371 e. The van der Waals surface area contributed by atoms with E-state index in [4.69, 9.17) is 0 Å². The third-order valence-electron chi connectivity index (χ3n) is 9.49. The summed E-state index contributed by atoms with van der Waals surface area (Å²) >= 11 is 0. The second kappa shape index (κ2) is 14.3. The van der Waals surface area contributed by atoms with Gasteiger partial charge in [0.25, 0.3) is 5.91 Å². The number of para-hydroxylation sites is 1. The summed E-state index contributed by atoms with van der Waals surface area (Å²) < 4.78 is 0. The SMILES string of the molecule is CC1CCN(C(=O)c2cc(NC(=O)Nc3c(C(C)C)cccc3C(C)C)ccc2N2CCC(Cc3ccccc3)CC2)CC1. The van der Waals surface area contributed by atoms with Gasteiger partial charge in [0.1, 0.15) is 0 Å². The largest absolute Gasteiger partial charge is 0.371 e. The molecule has 3 amide bonds. The van der Waals surface area contributed by atoms with E-state index in [-0.39, 0.29) is 23.8 Å². The van der Waals surface area contributed by atoms with Crippen molar-refractivity contribution in [2.45, 2.75) is 78.6 Å². The Morgan fingerprint density at radius 3 is 2.02 bits per heavy atom. The number of nitrogens with zero attached hydrogens (tertiary/aromatic N) is 2. The molecular weight excluding hydrogens is 544 g/mol. The number of likely N-dealkylation sites (tertiary alicyclic amines) is 1. The van der Waals surface area contributed by atoms with E-state index in [0.717, 1.165) is 80.8 Å². The van der Waals surface area contributed by atoms with Crippen LogP contribution in [-0.4, -0.2) is 43.0 Å². The molecule has 0 aromatic heterocycles. The summed E-state index contributed by atoms with van der Waals surface area (Å²) in [6.07, 6.45) is 5.35. The lowest BCUT2D eigenvalue weighted by Crippen LogP contribution is -2.40. The van der Waals surface area contributed by atoms with Crippen molar-refractivity contribution in [3.05, 3.63) is 89.0 Å². The number of nitrogens with one attached hydrogen (secondary N) is 2. The van der Waals surface area contributed by atoms with Gasteiger partial charge in [0.2, 0.25) is 0 Å². The molecule has 2 aliphatic rings.